The Labute approximate surface area is 132 Å². The molecule has 0 spiro atoms. The molecule has 1 amide bonds. The third-order valence-electron chi connectivity index (χ3n) is 3.42. The van der Waals surface area contributed by atoms with Crippen molar-refractivity contribution in [3.63, 3.8) is 0 Å². The number of rotatable bonds is 4. The van der Waals surface area contributed by atoms with Crippen LogP contribution in [-0.2, 0) is 16.0 Å². The lowest BCUT2D eigenvalue weighted by atomic mass is 10.1. The number of para-hydroxylation sites is 1. The van der Waals surface area contributed by atoms with E-state index in [4.69, 9.17) is 9.47 Å². The van der Waals surface area contributed by atoms with Crippen LogP contribution in [0.2, 0.25) is 0 Å². The second-order valence-corrected chi connectivity index (χ2v) is 6.70. The molecular formula is C17H26N2O3. The average Bonchev–Trinajstić information content (AvgIpc) is 2.92. The van der Waals surface area contributed by atoms with Crippen LogP contribution in [0.3, 0.4) is 0 Å². The van der Waals surface area contributed by atoms with Crippen LogP contribution in [0.4, 0.5) is 10.5 Å². The van der Waals surface area contributed by atoms with E-state index in [0.29, 0.717) is 12.6 Å². The molecule has 1 unspecified atom stereocenters. The third-order valence-corrected chi connectivity index (χ3v) is 3.42. The molecule has 0 saturated carbocycles. The molecule has 1 aliphatic rings. The van der Waals surface area contributed by atoms with Crippen LogP contribution in [0, 0.1) is 0 Å². The van der Waals surface area contributed by atoms with Crippen LogP contribution >= 0.6 is 0 Å². The zero-order valence-electron chi connectivity index (χ0n) is 13.9. The van der Waals surface area contributed by atoms with Crippen molar-refractivity contribution in [3.05, 3.63) is 29.8 Å². The van der Waals surface area contributed by atoms with Crippen molar-refractivity contribution in [1.82, 2.24) is 4.90 Å². The summed E-state index contributed by atoms with van der Waals surface area (Å²) in [5.41, 5.74) is 1.64. The highest BCUT2D eigenvalue weighted by molar-refractivity contribution is 5.68. The lowest BCUT2D eigenvalue weighted by Crippen LogP contribution is -2.34. The number of hydrogen-bond acceptors (Lipinski definition) is 4. The van der Waals surface area contributed by atoms with Crippen molar-refractivity contribution in [2.24, 2.45) is 0 Å². The maximum Gasteiger partial charge on any atom is 0.410 e. The van der Waals surface area contributed by atoms with E-state index in [-0.39, 0.29) is 6.09 Å². The molecule has 0 bridgehead atoms. The molecule has 1 fully saturated rings. The van der Waals surface area contributed by atoms with Crippen LogP contribution in [-0.4, -0.2) is 42.9 Å². The molecule has 0 radical (unpaired) electrons. The van der Waals surface area contributed by atoms with E-state index in [9.17, 15) is 4.79 Å². The minimum absolute atomic E-state index is 0.313. The Morgan fingerprint density at radius 3 is 2.77 bits per heavy atom. The summed E-state index contributed by atoms with van der Waals surface area (Å²) in [4.78, 5) is 13.7. The molecule has 122 valence electrons. The van der Waals surface area contributed by atoms with Crippen molar-refractivity contribution in [2.75, 3.05) is 25.6 Å². The van der Waals surface area contributed by atoms with Gasteiger partial charge in [-0.1, -0.05) is 18.2 Å². The van der Waals surface area contributed by atoms with Crippen LogP contribution in [0.5, 0.6) is 0 Å². The van der Waals surface area contributed by atoms with Crippen molar-refractivity contribution >= 4 is 11.8 Å². The van der Waals surface area contributed by atoms with Gasteiger partial charge in [0.1, 0.15) is 5.60 Å². The van der Waals surface area contributed by atoms with Crippen LogP contribution in [0.1, 0.15) is 32.8 Å². The number of hydrogen-bond donors (Lipinski definition) is 1. The minimum atomic E-state index is -0.482. The fraction of sp³-hybridized carbons (Fsp3) is 0.588. The quantitative estimate of drug-likeness (QED) is 0.927. The van der Waals surface area contributed by atoms with Crippen molar-refractivity contribution in [2.45, 2.75) is 45.4 Å². The summed E-state index contributed by atoms with van der Waals surface area (Å²) in [6.07, 6.45) is 0.697. The largest absolute Gasteiger partial charge is 0.444 e. The Bertz CT molecular complexity index is 505. The Morgan fingerprint density at radius 1 is 1.41 bits per heavy atom. The van der Waals surface area contributed by atoms with Gasteiger partial charge in [0.2, 0.25) is 0 Å². The number of amides is 1. The molecule has 0 aromatic heterocycles. The fourth-order valence-corrected chi connectivity index (χ4v) is 2.33. The number of nitrogens with zero attached hydrogens (tertiary/aromatic N) is 1. The molecule has 22 heavy (non-hydrogen) atoms. The van der Waals surface area contributed by atoms with Crippen molar-refractivity contribution < 1.29 is 14.3 Å². The van der Waals surface area contributed by atoms with E-state index in [2.05, 4.69) is 5.32 Å². The summed E-state index contributed by atoms with van der Waals surface area (Å²) in [7, 11) is 1.75. The van der Waals surface area contributed by atoms with Crippen molar-refractivity contribution in [3.8, 4) is 0 Å². The third kappa shape index (κ3) is 4.91. The van der Waals surface area contributed by atoms with Gasteiger partial charge in [-0.2, -0.15) is 0 Å². The Morgan fingerprint density at radius 2 is 2.14 bits per heavy atom. The zero-order chi connectivity index (χ0) is 16.2. The lowest BCUT2D eigenvalue weighted by molar-refractivity contribution is 0.0285. The minimum Gasteiger partial charge on any atom is -0.444 e. The number of anilines is 1. The molecule has 1 atom stereocenters. The molecule has 1 aliphatic heterocycles. The number of benzene rings is 1. The highest BCUT2D eigenvalue weighted by Gasteiger charge is 2.21. The molecule has 1 aromatic rings. The predicted octanol–water partition coefficient (Wildman–Crippen LogP) is 3.25. The number of ether oxygens (including phenoxy) is 2. The molecule has 1 saturated heterocycles. The normalized spacial score (nSPS) is 18.1. The molecule has 0 aliphatic carbocycles. The number of carbonyl (C=O) groups excluding carboxylic acids is 1. The van der Waals surface area contributed by atoms with Gasteiger partial charge >= 0.3 is 6.09 Å². The van der Waals surface area contributed by atoms with E-state index in [1.807, 2.05) is 45.0 Å². The van der Waals surface area contributed by atoms with Crippen LogP contribution < -0.4 is 5.32 Å². The highest BCUT2D eigenvalue weighted by Crippen LogP contribution is 2.21. The number of carbonyl (C=O) groups is 1. The van der Waals surface area contributed by atoms with Gasteiger partial charge in [-0.3, -0.25) is 0 Å². The first-order valence-corrected chi connectivity index (χ1v) is 7.71. The molecule has 1 N–H and O–H groups in total. The molecule has 1 aromatic carbocycles. The maximum absolute atomic E-state index is 12.1. The average molecular weight is 306 g/mol. The fourth-order valence-electron chi connectivity index (χ4n) is 2.33. The molecule has 2 rings (SSSR count). The van der Waals surface area contributed by atoms with Gasteiger partial charge in [0.15, 0.2) is 0 Å². The van der Waals surface area contributed by atoms with Crippen molar-refractivity contribution in [1.29, 1.82) is 0 Å². The van der Waals surface area contributed by atoms with E-state index in [1.54, 1.807) is 11.9 Å². The predicted molar refractivity (Wildman–Crippen MR) is 87.0 cm³/mol. The lowest BCUT2D eigenvalue weighted by Gasteiger charge is -2.25. The first kappa shape index (κ1) is 16.6. The summed E-state index contributed by atoms with van der Waals surface area (Å²) in [6.45, 7) is 7.65. The van der Waals surface area contributed by atoms with Gasteiger partial charge in [0.05, 0.1) is 19.2 Å². The van der Waals surface area contributed by atoms with E-state index in [0.717, 1.165) is 30.9 Å². The van der Waals surface area contributed by atoms with E-state index >= 15 is 0 Å². The summed E-state index contributed by atoms with van der Waals surface area (Å²) < 4.78 is 10.8. The monoisotopic (exact) mass is 306 g/mol. The first-order chi connectivity index (χ1) is 10.3. The first-order valence-electron chi connectivity index (χ1n) is 7.71. The second kappa shape index (κ2) is 7.01. The maximum atomic E-state index is 12.1. The topological polar surface area (TPSA) is 50.8 Å². The summed E-state index contributed by atoms with van der Waals surface area (Å²) in [6, 6.07) is 8.38. The molecule has 1 heterocycles. The molecule has 5 nitrogen and oxygen atoms in total. The summed E-state index contributed by atoms with van der Waals surface area (Å²) in [5, 5.41) is 3.50. The molecular weight excluding hydrogens is 280 g/mol. The van der Waals surface area contributed by atoms with Gasteiger partial charge in [0.25, 0.3) is 0 Å². The van der Waals surface area contributed by atoms with E-state index < -0.39 is 5.60 Å². The highest BCUT2D eigenvalue weighted by atomic mass is 16.6. The van der Waals surface area contributed by atoms with Gasteiger partial charge in [0, 0.05) is 19.3 Å². The van der Waals surface area contributed by atoms with Gasteiger partial charge in [-0.15, -0.1) is 0 Å². The van der Waals surface area contributed by atoms with Gasteiger partial charge in [-0.05, 0) is 38.8 Å². The zero-order valence-corrected chi connectivity index (χ0v) is 13.9. The van der Waals surface area contributed by atoms with Crippen LogP contribution in [0.25, 0.3) is 0 Å². The van der Waals surface area contributed by atoms with E-state index in [1.165, 1.54) is 0 Å². The van der Waals surface area contributed by atoms with Gasteiger partial charge in [-0.25, -0.2) is 4.79 Å². The Hall–Kier alpha value is -1.75. The molecule has 5 heteroatoms. The Kier molecular flexibility index (Phi) is 5.29. The van der Waals surface area contributed by atoms with Crippen LogP contribution in [0.15, 0.2) is 24.3 Å². The Balaban J connectivity index is 2.00. The standard InChI is InChI=1S/C17H26N2O3/c1-17(2,3)22-16(20)19(4)11-13-7-5-6-8-15(13)18-14-9-10-21-12-14/h5-8,14,18H,9-12H2,1-4H3. The summed E-state index contributed by atoms with van der Waals surface area (Å²) >= 11 is 0. The SMILES string of the molecule is CN(Cc1ccccc1NC1CCOC1)C(=O)OC(C)(C)C. The smallest absolute Gasteiger partial charge is 0.410 e. The second-order valence-electron chi connectivity index (χ2n) is 6.70. The summed E-state index contributed by atoms with van der Waals surface area (Å²) in [5.74, 6) is 0. The number of nitrogens with one attached hydrogen (secondary N) is 1. The van der Waals surface area contributed by atoms with Gasteiger partial charge < -0.3 is 19.7 Å².